The number of nitrogens with zero attached hydrogens (tertiary/aromatic N) is 3. The maximum Gasteiger partial charge on any atom is 0.573 e. The maximum atomic E-state index is 12.5. The lowest BCUT2D eigenvalue weighted by molar-refractivity contribution is -0.274. The van der Waals surface area contributed by atoms with Crippen molar-refractivity contribution < 1.29 is 22.6 Å². The van der Waals surface area contributed by atoms with E-state index in [2.05, 4.69) is 14.7 Å². The molecule has 0 radical (unpaired) electrons. The summed E-state index contributed by atoms with van der Waals surface area (Å²) in [5.74, 6) is 1.26. The number of hydrogen-bond acceptors (Lipinski definition) is 4. The Kier molecular flexibility index (Phi) is 5.78. The summed E-state index contributed by atoms with van der Waals surface area (Å²) in [6.45, 7) is 6.44. The number of aryl methyl sites for hydroxylation is 3. The molecule has 5 nitrogen and oxygen atoms in total. The maximum absolute atomic E-state index is 12.5. The Morgan fingerprint density at radius 1 is 0.938 bits per heavy atom. The molecular formula is C24H22F3N3O2. The summed E-state index contributed by atoms with van der Waals surface area (Å²) in [6, 6.07) is 13.9. The van der Waals surface area contributed by atoms with Crippen LogP contribution in [-0.2, 0) is 13.2 Å². The van der Waals surface area contributed by atoms with Crippen LogP contribution < -0.4 is 9.47 Å². The molecular weight excluding hydrogens is 419 g/mol. The van der Waals surface area contributed by atoms with E-state index in [4.69, 9.17) is 4.74 Å². The first-order chi connectivity index (χ1) is 15.2. The van der Waals surface area contributed by atoms with Gasteiger partial charge in [0.2, 0.25) is 0 Å². The molecule has 0 amide bonds. The van der Waals surface area contributed by atoms with Crippen LogP contribution in [0.5, 0.6) is 11.5 Å². The molecule has 2 aromatic heterocycles. The van der Waals surface area contributed by atoms with Crippen LogP contribution in [0.4, 0.5) is 13.2 Å². The zero-order chi connectivity index (χ0) is 22.9. The molecule has 0 unspecified atom stereocenters. The summed E-state index contributed by atoms with van der Waals surface area (Å²) in [6.07, 6.45) is -2.91. The van der Waals surface area contributed by atoms with Crippen LogP contribution in [0, 0.1) is 20.8 Å². The predicted octanol–water partition coefficient (Wildman–Crippen LogP) is 5.88. The number of imidazole rings is 1. The molecule has 8 heteroatoms. The fourth-order valence-corrected chi connectivity index (χ4v) is 3.47. The van der Waals surface area contributed by atoms with Gasteiger partial charge in [-0.15, -0.1) is 13.2 Å². The molecule has 0 spiro atoms. The second kappa shape index (κ2) is 8.53. The molecule has 166 valence electrons. The molecule has 32 heavy (non-hydrogen) atoms. The Morgan fingerprint density at radius 2 is 1.72 bits per heavy atom. The Balaban J connectivity index is 1.56. The Bertz CT molecular complexity index is 1250. The molecule has 0 bridgehead atoms. The normalized spacial score (nSPS) is 11.7. The lowest BCUT2D eigenvalue weighted by Crippen LogP contribution is -2.17. The highest BCUT2D eigenvalue weighted by Crippen LogP contribution is 2.27. The molecule has 0 aliphatic rings. The minimum atomic E-state index is -4.71. The van der Waals surface area contributed by atoms with Crippen molar-refractivity contribution in [1.29, 1.82) is 0 Å². The minimum Gasteiger partial charge on any atom is -0.487 e. The van der Waals surface area contributed by atoms with Crippen molar-refractivity contribution in [2.24, 2.45) is 0 Å². The van der Waals surface area contributed by atoms with Crippen molar-refractivity contribution in [3.05, 3.63) is 82.9 Å². The average Bonchev–Trinajstić information content (AvgIpc) is 3.03. The van der Waals surface area contributed by atoms with E-state index >= 15 is 0 Å². The van der Waals surface area contributed by atoms with E-state index in [1.807, 2.05) is 48.7 Å². The number of pyridine rings is 1. The fourth-order valence-electron chi connectivity index (χ4n) is 3.47. The van der Waals surface area contributed by atoms with Crippen molar-refractivity contribution in [3.63, 3.8) is 0 Å². The molecule has 0 N–H and O–H groups in total. The molecule has 2 heterocycles. The smallest absolute Gasteiger partial charge is 0.487 e. The van der Waals surface area contributed by atoms with Crippen molar-refractivity contribution >= 4 is 11.0 Å². The van der Waals surface area contributed by atoms with Crippen molar-refractivity contribution in [1.82, 2.24) is 14.5 Å². The number of benzene rings is 2. The molecule has 4 aromatic rings. The number of hydrogen-bond donors (Lipinski definition) is 0. The Morgan fingerprint density at radius 3 is 2.41 bits per heavy atom. The second-order valence-electron chi connectivity index (χ2n) is 7.65. The largest absolute Gasteiger partial charge is 0.573 e. The minimum absolute atomic E-state index is 0.230. The van der Waals surface area contributed by atoms with Gasteiger partial charge in [0.25, 0.3) is 0 Å². The summed E-state index contributed by atoms with van der Waals surface area (Å²) >= 11 is 0. The number of ether oxygens (including phenoxy) is 2. The van der Waals surface area contributed by atoms with Crippen molar-refractivity contribution in [2.75, 3.05) is 0 Å². The van der Waals surface area contributed by atoms with E-state index in [1.165, 1.54) is 12.1 Å². The van der Waals surface area contributed by atoms with Crippen LogP contribution in [0.15, 0.2) is 54.7 Å². The van der Waals surface area contributed by atoms with Crippen molar-refractivity contribution in [2.45, 2.75) is 40.3 Å². The molecule has 0 fully saturated rings. The van der Waals surface area contributed by atoms with Gasteiger partial charge in [0.1, 0.15) is 23.9 Å². The highest BCUT2D eigenvalue weighted by Gasteiger charge is 2.31. The van der Waals surface area contributed by atoms with E-state index in [0.717, 1.165) is 33.7 Å². The topological polar surface area (TPSA) is 49.2 Å². The highest BCUT2D eigenvalue weighted by atomic mass is 19.4. The highest BCUT2D eigenvalue weighted by molar-refractivity contribution is 5.78. The quantitative estimate of drug-likeness (QED) is 0.375. The average molecular weight is 441 g/mol. The summed E-state index contributed by atoms with van der Waals surface area (Å²) < 4.78 is 49.4. The number of halogens is 3. The molecule has 0 aliphatic carbocycles. The van der Waals surface area contributed by atoms with Crippen LogP contribution >= 0.6 is 0 Å². The molecule has 0 atom stereocenters. The molecule has 0 aliphatic heterocycles. The monoisotopic (exact) mass is 441 g/mol. The molecule has 4 rings (SSSR count). The first kappa shape index (κ1) is 21.7. The van der Waals surface area contributed by atoms with E-state index in [-0.39, 0.29) is 5.75 Å². The van der Waals surface area contributed by atoms with Crippen molar-refractivity contribution in [3.8, 4) is 11.5 Å². The summed E-state index contributed by atoms with van der Waals surface area (Å²) in [5.41, 5.74) is 5.19. The van der Waals surface area contributed by atoms with Crippen LogP contribution in [0.2, 0.25) is 0 Å². The lowest BCUT2D eigenvalue weighted by atomic mass is 10.1. The van der Waals surface area contributed by atoms with Gasteiger partial charge in [0, 0.05) is 18.8 Å². The summed E-state index contributed by atoms with van der Waals surface area (Å²) in [5, 5.41) is 0. The standard InChI is InChI=1S/C24H22F3N3O2/c1-15-4-6-19(28-12-15)14-31-20-8-9-22-23(11-20)30(17(3)29-22)13-18-5-7-21(10-16(18)2)32-24(25,26)27/h4-12H,13-14H2,1-3H3. The first-order valence-electron chi connectivity index (χ1n) is 10.0. The van der Waals surface area contributed by atoms with Gasteiger partial charge in [-0.2, -0.15) is 0 Å². The zero-order valence-corrected chi connectivity index (χ0v) is 17.9. The third-order valence-electron chi connectivity index (χ3n) is 5.15. The van der Waals surface area contributed by atoms with Gasteiger partial charge in [-0.1, -0.05) is 12.1 Å². The van der Waals surface area contributed by atoms with Crippen LogP contribution in [0.1, 0.15) is 28.2 Å². The van der Waals surface area contributed by atoms with Gasteiger partial charge >= 0.3 is 6.36 Å². The number of rotatable bonds is 6. The molecule has 0 saturated heterocycles. The van der Waals surface area contributed by atoms with Gasteiger partial charge < -0.3 is 14.0 Å². The second-order valence-corrected chi connectivity index (χ2v) is 7.65. The van der Waals surface area contributed by atoms with E-state index in [9.17, 15) is 13.2 Å². The molecule has 0 saturated carbocycles. The lowest BCUT2D eigenvalue weighted by Gasteiger charge is -2.13. The van der Waals surface area contributed by atoms with Gasteiger partial charge in [0.05, 0.1) is 16.7 Å². The first-order valence-corrected chi connectivity index (χ1v) is 10.0. The number of alkyl halides is 3. The number of aromatic nitrogens is 3. The predicted molar refractivity (Wildman–Crippen MR) is 115 cm³/mol. The number of fused-ring (bicyclic) bond motifs is 1. The summed E-state index contributed by atoms with van der Waals surface area (Å²) in [7, 11) is 0. The third kappa shape index (κ3) is 5.01. The Labute approximate surface area is 183 Å². The van der Waals surface area contributed by atoms with Crippen LogP contribution in [-0.4, -0.2) is 20.9 Å². The third-order valence-corrected chi connectivity index (χ3v) is 5.15. The zero-order valence-electron chi connectivity index (χ0n) is 17.9. The SMILES string of the molecule is Cc1ccc(COc2ccc3nc(C)n(Cc4ccc(OC(F)(F)F)cc4C)c3c2)nc1. The summed E-state index contributed by atoms with van der Waals surface area (Å²) in [4.78, 5) is 8.94. The van der Waals surface area contributed by atoms with Gasteiger partial charge in [0.15, 0.2) is 0 Å². The molecule has 2 aromatic carbocycles. The van der Waals surface area contributed by atoms with E-state index in [0.29, 0.717) is 24.5 Å². The van der Waals surface area contributed by atoms with E-state index < -0.39 is 6.36 Å². The van der Waals surface area contributed by atoms with Gasteiger partial charge in [-0.25, -0.2) is 4.98 Å². The Hall–Kier alpha value is -3.55. The van der Waals surface area contributed by atoms with Gasteiger partial charge in [-0.05, 0) is 67.8 Å². The van der Waals surface area contributed by atoms with Crippen LogP contribution in [0.25, 0.3) is 11.0 Å². The van der Waals surface area contributed by atoms with Crippen LogP contribution in [0.3, 0.4) is 0 Å². The fraction of sp³-hybridized carbons (Fsp3) is 0.250. The van der Waals surface area contributed by atoms with E-state index in [1.54, 1.807) is 19.2 Å². The van der Waals surface area contributed by atoms with Gasteiger partial charge in [-0.3, -0.25) is 4.98 Å².